The summed E-state index contributed by atoms with van der Waals surface area (Å²) in [7, 11) is 0. The first-order chi connectivity index (χ1) is 14.3. The van der Waals surface area contributed by atoms with Crippen LogP contribution in [0.4, 0.5) is 0 Å². The summed E-state index contributed by atoms with van der Waals surface area (Å²) in [5.41, 5.74) is 6.50. The third-order valence-electron chi connectivity index (χ3n) is 4.60. The molecule has 3 aromatic rings. The Kier molecular flexibility index (Phi) is 6.23. The fourth-order valence-electron chi connectivity index (χ4n) is 3.14. The molecule has 1 atom stereocenters. The summed E-state index contributed by atoms with van der Waals surface area (Å²) in [6, 6.07) is 13.8. The zero-order valence-electron chi connectivity index (χ0n) is 15.9. The van der Waals surface area contributed by atoms with E-state index in [0.29, 0.717) is 11.7 Å². The maximum Gasteiger partial charge on any atom is 0.187 e. The Labute approximate surface area is 174 Å². The molecule has 4 rings (SSSR count). The van der Waals surface area contributed by atoms with E-state index >= 15 is 0 Å². The molecule has 1 fully saturated rings. The van der Waals surface area contributed by atoms with Crippen LogP contribution in [0.25, 0.3) is 16.9 Å². The molecule has 8 heteroatoms. The van der Waals surface area contributed by atoms with Crippen molar-refractivity contribution in [1.82, 2.24) is 25.5 Å². The normalized spacial score (nSPS) is 16.2. The van der Waals surface area contributed by atoms with E-state index in [4.69, 9.17) is 22.1 Å². The predicted octanol–water partition coefficient (Wildman–Crippen LogP) is 2.91. The molecule has 2 N–H and O–H groups in total. The van der Waals surface area contributed by atoms with Gasteiger partial charge in [-0.2, -0.15) is 10.2 Å². The highest BCUT2D eigenvalue weighted by molar-refractivity contribution is 7.80. The molecule has 0 radical (unpaired) electrons. The molecule has 0 amide bonds. The van der Waals surface area contributed by atoms with Crippen LogP contribution in [0.3, 0.4) is 0 Å². The van der Waals surface area contributed by atoms with Crippen LogP contribution in [0.15, 0.2) is 66.2 Å². The van der Waals surface area contributed by atoms with Crippen molar-refractivity contribution >= 4 is 23.5 Å². The minimum Gasteiger partial charge on any atom is -0.376 e. The highest BCUT2D eigenvalue weighted by Gasteiger charge is 2.15. The van der Waals surface area contributed by atoms with Crippen molar-refractivity contribution in [3.8, 4) is 16.9 Å². The first-order valence-corrected chi connectivity index (χ1v) is 9.94. The van der Waals surface area contributed by atoms with Crippen LogP contribution in [-0.2, 0) is 4.74 Å². The number of hydrazone groups is 1. The molecule has 1 aliphatic heterocycles. The number of hydrogen-bond donors (Lipinski definition) is 2. The number of benzene rings is 1. The summed E-state index contributed by atoms with van der Waals surface area (Å²) in [5, 5.41) is 12.6. The third-order valence-corrected chi connectivity index (χ3v) is 4.84. The lowest BCUT2D eigenvalue weighted by Crippen LogP contribution is -2.37. The number of ether oxygens (including phenoxy) is 1. The van der Waals surface area contributed by atoms with E-state index in [2.05, 4.69) is 20.8 Å². The van der Waals surface area contributed by atoms with Crippen LogP contribution in [-0.4, -0.2) is 45.3 Å². The van der Waals surface area contributed by atoms with Gasteiger partial charge < -0.3 is 10.1 Å². The van der Waals surface area contributed by atoms with Crippen molar-refractivity contribution in [3.05, 3.63) is 66.6 Å². The minimum absolute atomic E-state index is 0.223. The van der Waals surface area contributed by atoms with E-state index in [1.54, 1.807) is 18.6 Å². The quantitative estimate of drug-likeness (QED) is 0.372. The number of rotatable bonds is 6. The third kappa shape index (κ3) is 5.04. The van der Waals surface area contributed by atoms with Crippen molar-refractivity contribution in [2.24, 2.45) is 5.10 Å². The Morgan fingerprint density at radius 3 is 2.83 bits per heavy atom. The summed E-state index contributed by atoms with van der Waals surface area (Å²) >= 11 is 5.29. The number of nitrogens with zero attached hydrogens (tertiary/aromatic N) is 4. The van der Waals surface area contributed by atoms with Gasteiger partial charge in [-0.25, -0.2) is 4.68 Å². The van der Waals surface area contributed by atoms with Crippen molar-refractivity contribution in [1.29, 1.82) is 0 Å². The van der Waals surface area contributed by atoms with Crippen LogP contribution in [0.5, 0.6) is 0 Å². The monoisotopic (exact) mass is 406 g/mol. The molecule has 0 bridgehead atoms. The minimum atomic E-state index is 0.223. The molecule has 1 aromatic carbocycles. The zero-order chi connectivity index (χ0) is 19.9. The van der Waals surface area contributed by atoms with Gasteiger partial charge >= 0.3 is 0 Å². The summed E-state index contributed by atoms with van der Waals surface area (Å²) < 4.78 is 7.42. The van der Waals surface area contributed by atoms with E-state index in [0.717, 1.165) is 42.0 Å². The van der Waals surface area contributed by atoms with E-state index in [1.165, 1.54) is 0 Å². The predicted molar refractivity (Wildman–Crippen MR) is 117 cm³/mol. The standard InChI is InChI=1S/C21H22N6OS/c29-21(23-14-19-7-4-12-28-19)25-24-13-17-15-27(18-5-2-1-3-6-18)26-20(17)16-8-10-22-11-9-16/h1-3,5-6,8-11,13,15,19H,4,7,12,14H2,(H2,23,25,29)/b24-13-/t19-/m0/s1. The second kappa shape index (κ2) is 9.40. The lowest BCUT2D eigenvalue weighted by Gasteiger charge is -2.11. The van der Waals surface area contributed by atoms with E-state index in [9.17, 15) is 0 Å². The zero-order valence-corrected chi connectivity index (χ0v) is 16.7. The van der Waals surface area contributed by atoms with Crippen LogP contribution >= 0.6 is 12.2 Å². The van der Waals surface area contributed by atoms with Gasteiger partial charge in [0.05, 0.1) is 18.0 Å². The number of aromatic nitrogens is 3. The Hall–Kier alpha value is -3.10. The highest BCUT2D eigenvalue weighted by atomic mass is 32.1. The molecule has 0 unspecified atom stereocenters. The molecule has 1 saturated heterocycles. The summed E-state index contributed by atoms with van der Waals surface area (Å²) in [6.07, 6.45) is 9.56. The Bertz CT molecular complexity index is 967. The Morgan fingerprint density at radius 1 is 1.24 bits per heavy atom. The average Bonchev–Trinajstić information content (AvgIpc) is 3.44. The molecular weight excluding hydrogens is 384 g/mol. The van der Waals surface area contributed by atoms with E-state index in [-0.39, 0.29) is 6.10 Å². The molecule has 0 aliphatic carbocycles. The summed E-state index contributed by atoms with van der Waals surface area (Å²) in [6.45, 7) is 1.52. The second-order valence-corrected chi connectivity index (χ2v) is 7.07. The van der Waals surface area contributed by atoms with Gasteiger partial charge in [0.1, 0.15) is 5.69 Å². The number of para-hydroxylation sites is 1. The van der Waals surface area contributed by atoms with Crippen molar-refractivity contribution in [3.63, 3.8) is 0 Å². The first-order valence-electron chi connectivity index (χ1n) is 9.53. The second-order valence-electron chi connectivity index (χ2n) is 6.66. The molecule has 29 heavy (non-hydrogen) atoms. The van der Waals surface area contributed by atoms with Gasteiger partial charge in [-0.3, -0.25) is 10.4 Å². The van der Waals surface area contributed by atoms with E-state index < -0.39 is 0 Å². The van der Waals surface area contributed by atoms with Crippen LogP contribution in [0, 0.1) is 0 Å². The van der Waals surface area contributed by atoms with Crippen LogP contribution < -0.4 is 10.7 Å². The maximum absolute atomic E-state index is 5.58. The number of nitrogens with one attached hydrogen (secondary N) is 2. The molecule has 1 aliphatic rings. The molecular formula is C21H22N6OS. The molecule has 7 nitrogen and oxygen atoms in total. The largest absolute Gasteiger partial charge is 0.376 e. The molecule has 3 heterocycles. The number of hydrogen-bond acceptors (Lipinski definition) is 5. The molecule has 0 spiro atoms. The highest BCUT2D eigenvalue weighted by Crippen LogP contribution is 2.22. The molecule has 2 aromatic heterocycles. The fourth-order valence-corrected chi connectivity index (χ4v) is 3.28. The van der Waals surface area contributed by atoms with Gasteiger partial charge in [-0.1, -0.05) is 18.2 Å². The number of thiocarbonyl (C=S) groups is 1. The average molecular weight is 407 g/mol. The van der Waals surface area contributed by atoms with Crippen molar-refractivity contribution in [2.75, 3.05) is 13.2 Å². The number of pyridine rings is 1. The van der Waals surface area contributed by atoms with Gasteiger partial charge in [0.15, 0.2) is 5.11 Å². The van der Waals surface area contributed by atoms with Crippen LogP contribution in [0.2, 0.25) is 0 Å². The lowest BCUT2D eigenvalue weighted by atomic mass is 10.1. The Morgan fingerprint density at radius 2 is 2.07 bits per heavy atom. The molecule has 0 saturated carbocycles. The first kappa shape index (κ1) is 19.2. The van der Waals surface area contributed by atoms with Crippen molar-refractivity contribution in [2.45, 2.75) is 18.9 Å². The van der Waals surface area contributed by atoms with Gasteiger partial charge in [0.25, 0.3) is 0 Å². The van der Waals surface area contributed by atoms with Crippen molar-refractivity contribution < 1.29 is 4.74 Å². The Balaban J connectivity index is 1.48. The SMILES string of the molecule is S=C(NC[C@@H]1CCCO1)N/N=C\c1cn(-c2ccccc2)nc1-c1ccncc1. The van der Waals surface area contributed by atoms with Gasteiger partial charge in [-0.15, -0.1) is 0 Å². The summed E-state index contributed by atoms with van der Waals surface area (Å²) in [5.74, 6) is 0. The topological polar surface area (TPSA) is 76.4 Å². The lowest BCUT2D eigenvalue weighted by molar-refractivity contribution is 0.114. The van der Waals surface area contributed by atoms with Gasteiger partial charge in [0, 0.05) is 42.9 Å². The van der Waals surface area contributed by atoms with Gasteiger partial charge in [0.2, 0.25) is 0 Å². The molecule has 148 valence electrons. The summed E-state index contributed by atoms with van der Waals surface area (Å²) in [4.78, 5) is 4.09. The van der Waals surface area contributed by atoms with Gasteiger partial charge in [-0.05, 0) is 49.3 Å². The maximum atomic E-state index is 5.58. The van der Waals surface area contributed by atoms with E-state index in [1.807, 2.05) is 53.3 Å². The van der Waals surface area contributed by atoms with Crippen LogP contribution in [0.1, 0.15) is 18.4 Å². The smallest absolute Gasteiger partial charge is 0.187 e. The fraction of sp³-hybridized carbons (Fsp3) is 0.238.